The Labute approximate surface area is 153 Å². The number of amides is 1. The Morgan fingerprint density at radius 3 is 3.08 bits per heavy atom. The highest BCUT2D eigenvalue weighted by Crippen LogP contribution is 2.41. The maximum Gasteiger partial charge on any atom is 0.230 e. The summed E-state index contributed by atoms with van der Waals surface area (Å²) in [5.41, 5.74) is 5.17. The van der Waals surface area contributed by atoms with Gasteiger partial charge in [-0.3, -0.25) is 9.69 Å². The van der Waals surface area contributed by atoms with Crippen LogP contribution in [0.15, 0.2) is 30.5 Å². The Bertz CT molecular complexity index is 894. The lowest BCUT2D eigenvalue weighted by Crippen LogP contribution is -2.48. The van der Waals surface area contributed by atoms with Gasteiger partial charge in [0.1, 0.15) is 0 Å². The molecule has 5 heteroatoms. The summed E-state index contributed by atoms with van der Waals surface area (Å²) in [6.45, 7) is 2.20. The van der Waals surface area contributed by atoms with Crippen LogP contribution >= 0.6 is 0 Å². The van der Waals surface area contributed by atoms with E-state index in [1.807, 2.05) is 11.9 Å². The Morgan fingerprint density at radius 2 is 2.27 bits per heavy atom. The molecule has 3 aliphatic rings. The number of aromatic amines is 1. The van der Waals surface area contributed by atoms with Gasteiger partial charge in [0.2, 0.25) is 5.91 Å². The summed E-state index contributed by atoms with van der Waals surface area (Å²) in [4.78, 5) is 20.8. The van der Waals surface area contributed by atoms with Gasteiger partial charge < -0.3 is 14.6 Å². The van der Waals surface area contributed by atoms with Crippen LogP contribution in [-0.4, -0.2) is 66.6 Å². The summed E-state index contributed by atoms with van der Waals surface area (Å²) in [6, 6.07) is 7.01. The van der Waals surface area contributed by atoms with E-state index < -0.39 is 0 Å². The zero-order valence-corrected chi connectivity index (χ0v) is 15.4. The highest BCUT2D eigenvalue weighted by Gasteiger charge is 2.37. The third-order valence-corrected chi connectivity index (χ3v) is 6.39. The number of benzene rings is 1. The van der Waals surface area contributed by atoms with Crippen LogP contribution in [0.3, 0.4) is 0 Å². The summed E-state index contributed by atoms with van der Waals surface area (Å²) >= 11 is 0. The molecule has 0 spiro atoms. The largest absolute Gasteiger partial charge is 0.379 e. The number of carbonyl (C=O) groups is 1. The highest BCUT2D eigenvalue weighted by atomic mass is 16.5. The van der Waals surface area contributed by atoms with E-state index in [0.717, 1.165) is 26.0 Å². The maximum absolute atomic E-state index is 13.1. The van der Waals surface area contributed by atoms with Gasteiger partial charge in [-0.25, -0.2) is 0 Å². The first-order chi connectivity index (χ1) is 12.6. The molecule has 5 nitrogen and oxygen atoms in total. The van der Waals surface area contributed by atoms with Crippen LogP contribution in [0, 0.1) is 5.92 Å². The standard InChI is InChI=1S/C21H25N3O2/c1-23-11-14(21(25)24(2)15-6-7-26-12-15)8-17-16-4-3-5-18-20(16)13(10-22-18)9-19(17)23/h3-5,8,10,14-15,19,22H,6-7,9,11-12H2,1-2H3. The van der Waals surface area contributed by atoms with E-state index in [1.165, 1.54) is 27.6 Å². The zero-order chi connectivity index (χ0) is 17.8. The van der Waals surface area contributed by atoms with Crippen molar-refractivity contribution in [2.24, 2.45) is 5.92 Å². The number of likely N-dealkylation sites (N-methyl/N-ethyl adjacent to an activating group) is 2. The van der Waals surface area contributed by atoms with Gasteiger partial charge in [-0.15, -0.1) is 0 Å². The van der Waals surface area contributed by atoms with Crippen molar-refractivity contribution in [2.75, 3.05) is 33.9 Å². The first-order valence-corrected chi connectivity index (χ1v) is 9.49. The van der Waals surface area contributed by atoms with Crippen LogP contribution in [0.5, 0.6) is 0 Å². The van der Waals surface area contributed by atoms with Gasteiger partial charge in [-0.2, -0.15) is 0 Å². The van der Waals surface area contributed by atoms with Gasteiger partial charge in [0, 0.05) is 43.3 Å². The molecule has 2 aromatic rings. The molecule has 5 rings (SSSR count). The fourth-order valence-corrected chi connectivity index (χ4v) is 4.87. The summed E-state index contributed by atoms with van der Waals surface area (Å²) in [7, 11) is 4.08. The van der Waals surface area contributed by atoms with E-state index in [9.17, 15) is 4.79 Å². The molecule has 3 unspecified atom stereocenters. The predicted molar refractivity (Wildman–Crippen MR) is 102 cm³/mol. The number of H-pyrrole nitrogens is 1. The molecule has 1 N–H and O–H groups in total. The lowest BCUT2D eigenvalue weighted by molar-refractivity contribution is -0.135. The second kappa shape index (κ2) is 5.96. The number of aromatic nitrogens is 1. The quantitative estimate of drug-likeness (QED) is 0.903. The van der Waals surface area contributed by atoms with Gasteiger partial charge in [-0.1, -0.05) is 18.2 Å². The molecule has 3 atom stereocenters. The first-order valence-electron chi connectivity index (χ1n) is 9.49. The molecule has 3 heterocycles. The van der Waals surface area contributed by atoms with E-state index in [2.05, 4.69) is 47.4 Å². The van der Waals surface area contributed by atoms with E-state index in [1.54, 1.807) is 0 Å². The van der Waals surface area contributed by atoms with Crippen LogP contribution in [-0.2, 0) is 16.0 Å². The first kappa shape index (κ1) is 16.1. The lowest BCUT2D eigenvalue weighted by atomic mass is 9.79. The predicted octanol–water partition coefficient (Wildman–Crippen LogP) is 2.28. The minimum atomic E-state index is -0.0902. The fourth-order valence-electron chi connectivity index (χ4n) is 4.87. The van der Waals surface area contributed by atoms with Gasteiger partial charge in [0.25, 0.3) is 0 Å². The van der Waals surface area contributed by atoms with Crippen molar-refractivity contribution in [3.8, 4) is 0 Å². The molecule has 136 valence electrons. The SMILES string of the molecule is CN1CC(C(=O)N(C)C2CCOC2)C=C2c3cccc4[nH]cc(c34)CC21. The van der Waals surface area contributed by atoms with E-state index in [0.29, 0.717) is 12.6 Å². The van der Waals surface area contributed by atoms with E-state index >= 15 is 0 Å². The molecular weight excluding hydrogens is 326 g/mol. The molecule has 0 radical (unpaired) electrons. The molecule has 0 bridgehead atoms. The molecule has 26 heavy (non-hydrogen) atoms. The van der Waals surface area contributed by atoms with Crippen molar-refractivity contribution >= 4 is 22.4 Å². The van der Waals surface area contributed by atoms with Crippen molar-refractivity contribution < 1.29 is 9.53 Å². The third kappa shape index (κ3) is 2.34. The number of hydrogen-bond donors (Lipinski definition) is 1. The maximum atomic E-state index is 13.1. The number of nitrogens with zero attached hydrogens (tertiary/aromatic N) is 2. The third-order valence-electron chi connectivity index (χ3n) is 6.39. The lowest BCUT2D eigenvalue weighted by Gasteiger charge is -2.40. The number of carbonyl (C=O) groups excluding carboxylic acids is 1. The topological polar surface area (TPSA) is 48.6 Å². The van der Waals surface area contributed by atoms with Crippen molar-refractivity contribution in [1.29, 1.82) is 0 Å². The molecule has 1 aromatic carbocycles. The Morgan fingerprint density at radius 1 is 1.38 bits per heavy atom. The number of hydrogen-bond acceptors (Lipinski definition) is 3. The molecule has 0 saturated carbocycles. The Kier molecular flexibility index (Phi) is 3.69. The molecule has 2 aliphatic heterocycles. The smallest absolute Gasteiger partial charge is 0.230 e. The molecule has 1 fully saturated rings. The van der Waals surface area contributed by atoms with E-state index in [-0.39, 0.29) is 17.9 Å². The van der Waals surface area contributed by atoms with E-state index in [4.69, 9.17) is 4.74 Å². The molecule has 1 aliphatic carbocycles. The molecule has 1 saturated heterocycles. The average Bonchev–Trinajstić information content (AvgIpc) is 3.32. The van der Waals surface area contributed by atoms with Crippen LogP contribution in [0.2, 0.25) is 0 Å². The van der Waals surface area contributed by atoms with Gasteiger partial charge >= 0.3 is 0 Å². The second-order valence-corrected chi connectivity index (χ2v) is 7.90. The minimum Gasteiger partial charge on any atom is -0.379 e. The summed E-state index contributed by atoms with van der Waals surface area (Å²) < 4.78 is 5.47. The van der Waals surface area contributed by atoms with Crippen molar-refractivity contribution in [3.05, 3.63) is 41.6 Å². The van der Waals surface area contributed by atoms with Crippen molar-refractivity contribution in [2.45, 2.75) is 24.9 Å². The zero-order valence-electron chi connectivity index (χ0n) is 15.4. The normalized spacial score (nSPS) is 28.1. The van der Waals surface area contributed by atoms with Crippen molar-refractivity contribution in [3.63, 3.8) is 0 Å². The average molecular weight is 351 g/mol. The number of rotatable bonds is 2. The number of fused-ring (bicyclic) bond motifs is 2. The van der Waals surface area contributed by atoms with Crippen LogP contribution in [0.1, 0.15) is 17.5 Å². The molecule has 1 amide bonds. The van der Waals surface area contributed by atoms with Crippen LogP contribution in [0.25, 0.3) is 16.5 Å². The van der Waals surface area contributed by atoms with Gasteiger partial charge in [0.15, 0.2) is 0 Å². The van der Waals surface area contributed by atoms with Crippen LogP contribution < -0.4 is 0 Å². The fraction of sp³-hybridized carbons (Fsp3) is 0.476. The second-order valence-electron chi connectivity index (χ2n) is 7.90. The summed E-state index contributed by atoms with van der Waals surface area (Å²) in [5, 5.41) is 1.33. The number of ether oxygens (including phenoxy) is 1. The Hall–Kier alpha value is -2.11. The molecular formula is C21H25N3O2. The molecule has 1 aromatic heterocycles. The highest BCUT2D eigenvalue weighted by molar-refractivity contribution is 5.99. The Balaban J connectivity index is 1.53. The number of nitrogens with one attached hydrogen (secondary N) is 1. The van der Waals surface area contributed by atoms with Gasteiger partial charge in [-0.05, 0) is 42.7 Å². The van der Waals surface area contributed by atoms with Crippen LogP contribution in [0.4, 0.5) is 0 Å². The summed E-state index contributed by atoms with van der Waals surface area (Å²) in [5.74, 6) is 0.123. The van der Waals surface area contributed by atoms with Crippen molar-refractivity contribution in [1.82, 2.24) is 14.8 Å². The monoisotopic (exact) mass is 351 g/mol. The van der Waals surface area contributed by atoms with Gasteiger partial charge in [0.05, 0.1) is 18.6 Å². The minimum absolute atomic E-state index is 0.0902. The summed E-state index contributed by atoms with van der Waals surface area (Å²) in [6.07, 6.45) is 6.33.